The highest BCUT2D eigenvalue weighted by atomic mass is 35.5. The van der Waals surface area contributed by atoms with Crippen LogP contribution in [0.3, 0.4) is 0 Å². The first-order valence-electron chi connectivity index (χ1n) is 5.46. The molecule has 19 heavy (non-hydrogen) atoms. The van der Waals surface area contributed by atoms with Gasteiger partial charge in [0.15, 0.2) is 6.61 Å². The molecule has 6 nitrogen and oxygen atoms in total. The second-order valence-electron chi connectivity index (χ2n) is 4.34. The van der Waals surface area contributed by atoms with Crippen molar-refractivity contribution in [2.45, 2.75) is 17.7 Å². The van der Waals surface area contributed by atoms with E-state index in [0.717, 1.165) is 0 Å². The molecule has 1 saturated carbocycles. The van der Waals surface area contributed by atoms with E-state index in [9.17, 15) is 14.4 Å². The van der Waals surface area contributed by atoms with Crippen LogP contribution in [0.1, 0.15) is 13.3 Å². The van der Waals surface area contributed by atoms with E-state index in [0.29, 0.717) is 0 Å². The van der Waals surface area contributed by atoms with Crippen molar-refractivity contribution in [3.63, 3.8) is 0 Å². The zero-order valence-corrected chi connectivity index (χ0v) is 11.8. The Morgan fingerprint density at radius 1 is 1.42 bits per heavy atom. The first-order chi connectivity index (χ1) is 8.73. The molecule has 0 aromatic carbocycles. The Morgan fingerprint density at radius 3 is 2.47 bits per heavy atom. The van der Waals surface area contributed by atoms with Gasteiger partial charge in [0.1, 0.15) is 9.75 Å². The van der Waals surface area contributed by atoms with Crippen molar-refractivity contribution in [3.05, 3.63) is 12.7 Å². The fraction of sp³-hybridized carbons (Fsp3) is 0.545. The Balaban J connectivity index is 2.30. The highest BCUT2D eigenvalue weighted by Gasteiger charge is 2.69. The third kappa shape index (κ3) is 3.84. The number of hydrogen-bond acceptors (Lipinski definition) is 4. The lowest BCUT2D eigenvalue weighted by Gasteiger charge is -2.11. The van der Waals surface area contributed by atoms with Crippen LogP contribution >= 0.6 is 23.2 Å². The number of carbonyl (C=O) groups excluding carboxylic acids is 3. The summed E-state index contributed by atoms with van der Waals surface area (Å²) in [4.78, 5) is 34.0. The molecule has 0 heterocycles. The number of rotatable bonds is 5. The second kappa shape index (κ2) is 5.79. The summed E-state index contributed by atoms with van der Waals surface area (Å²) in [6.45, 7) is 4.59. The molecule has 0 bridgehead atoms. The van der Waals surface area contributed by atoms with E-state index in [1.165, 1.54) is 6.08 Å². The molecule has 0 aliphatic heterocycles. The van der Waals surface area contributed by atoms with E-state index in [1.54, 1.807) is 6.92 Å². The maximum absolute atomic E-state index is 11.6. The minimum absolute atomic E-state index is 0.220. The fourth-order valence-electron chi connectivity index (χ4n) is 1.28. The fourth-order valence-corrected chi connectivity index (χ4v) is 1.97. The number of amides is 3. The monoisotopic (exact) mass is 308 g/mol. The Hall–Kier alpha value is -1.27. The summed E-state index contributed by atoms with van der Waals surface area (Å²) in [5.74, 6) is -1.41. The Kier molecular flexibility index (Phi) is 4.81. The van der Waals surface area contributed by atoms with Crippen molar-refractivity contribution in [1.82, 2.24) is 10.6 Å². The maximum Gasteiger partial charge on any atom is 0.321 e. The molecule has 0 radical (unpaired) electrons. The van der Waals surface area contributed by atoms with Crippen molar-refractivity contribution in [2.75, 3.05) is 13.2 Å². The van der Waals surface area contributed by atoms with Crippen molar-refractivity contribution in [1.29, 1.82) is 0 Å². The molecule has 0 aromatic heterocycles. The average molecular weight is 309 g/mol. The normalized spacial score (nSPS) is 23.1. The van der Waals surface area contributed by atoms with Crippen molar-refractivity contribution in [3.8, 4) is 0 Å². The van der Waals surface area contributed by atoms with Gasteiger partial charge in [0.05, 0.1) is 0 Å². The number of halogens is 2. The lowest BCUT2D eigenvalue weighted by Crippen LogP contribution is -2.41. The molecule has 1 atom stereocenters. The Labute approximate surface area is 120 Å². The smallest absolute Gasteiger partial charge is 0.321 e. The molecule has 0 spiro atoms. The lowest BCUT2D eigenvalue weighted by molar-refractivity contribution is -0.153. The van der Waals surface area contributed by atoms with Gasteiger partial charge < -0.3 is 10.1 Å². The Bertz CT molecular complexity index is 425. The van der Waals surface area contributed by atoms with Crippen molar-refractivity contribution < 1.29 is 19.1 Å². The van der Waals surface area contributed by atoms with Crippen LogP contribution < -0.4 is 10.6 Å². The van der Waals surface area contributed by atoms with E-state index in [2.05, 4.69) is 11.9 Å². The predicted molar refractivity (Wildman–Crippen MR) is 69.9 cm³/mol. The number of imide groups is 1. The molecular weight excluding hydrogens is 295 g/mol. The summed E-state index contributed by atoms with van der Waals surface area (Å²) in [5.41, 5.74) is -0.999. The van der Waals surface area contributed by atoms with Gasteiger partial charge in [-0.25, -0.2) is 4.79 Å². The van der Waals surface area contributed by atoms with Gasteiger partial charge in [-0.1, -0.05) is 6.08 Å². The number of carbonyl (C=O) groups is 3. The van der Waals surface area contributed by atoms with Crippen LogP contribution in [-0.4, -0.2) is 35.4 Å². The van der Waals surface area contributed by atoms with Crippen LogP contribution in [0.15, 0.2) is 12.7 Å². The first kappa shape index (κ1) is 15.8. The largest absolute Gasteiger partial charge is 0.455 e. The summed E-state index contributed by atoms with van der Waals surface area (Å²) in [6.07, 6.45) is 1.72. The van der Waals surface area contributed by atoms with Gasteiger partial charge >= 0.3 is 12.0 Å². The molecule has 3 amide bonds. The molecule has 2 N–H and O–H groups in total. The van der Waals surface area contributed by atoms with Crippen LogP contribution in [0.2, 0.25) is 0 Å². The second-order valence-corrected chi connectivity index (χ2v) is 5.82. The van der Waals surface area contributed by atoms with E-state index in [-0.39, 0.29) is 13.0 Å². The van der Waals surface area contributed by atoms with Gasteiger partial charge in [0, 0.05) is 13.0 Å². The van der Waals surface area contributed by atoms with Crippen molar-refractivity contribution in [2.24, 2.45) is 5.41 Å². The molecular formula is C11H14Cl2N2O4. The SMILES string of the molecule is C=CCNC(=O)NC(=O)COC(=O)[C@]1(C)CC1(Cl)Cl. The molecule has 0 saturated heterocycles. The third-order valence-electron chi connectivity index (χ3n) is 2.70. The highest BCUT2D eigenvalue weighted by Crippen LogP contribution is 2.64. The minimum Gasteiger partial charge on any atom is -0.455 e. The predicted octanol–water partition coefficient (Wildman–Crippen LogP) is 1.13. The van der Waals surface area contributed by atoms with Gasteiger partial charge in [-0.2, -0.15) is 0 Å². The molecule has 0 unspecified atom stereocenters. The summed E-state index contributed by atoms with van der Waals surface area (Å²) in [6, 6.07) is -0.692. The number of hydrogen-bond donors (Lipinski definition) is 2. The molecule has 8 heteroatoms. The van der Waals surface area contributed by atoms with E-state index in [4.69, 9.17) is 27.9 Å². The lowest BCUT2D eigenvalue weighted by atomic mass is 10.1. The highest BCUT2D eigenvalue weighted by molar-refractivity contribution is 6.53. The molecule has 1 fully saturated rings. The topological polar surface area (TPSA) is 84.5 Å². The molecule has 106 valence electrons. The Morgan fingerprint density at radius 2 is 2.00 bits per heavy atom. The number of nitrogens with one attached hydrogen (secondary N) is 2. The standard InChI is InChI=1S/C11H14Cl2N2O4/c1-3-4-14-9(18)15-7(16)5-19-8(17)10(2)6-11(10,12)13/h3H,1,4-6H2,2H3,(H2,14,15,16,18)/t10-/m0/s1. The van der Waals surface area contributed by atoms with Crippen LogP contribution in [0.4, 0.5) is 4.79 Å². The molecule has 1 aliphatic carbocycles. The summed E-state index contributed by atoms with van der Waals surface area (Å²) >= 11 is 11.6. The molecule has 1 rings (SSSR count). The van der Waals surface area contributed by atoms with Crippen LogP contribution in [0.5, 0.6) is 0 Å². The quantitative estimate of drug-likeness (QED) is 0.453. The molecule has 0 aromatic rings. The van der Waals surface area contributed by atoms with E-state index >= 15 is 0 Å². The minimum atomic E-state index is -1.15. The number of ether oxygens (including phenoxy) is 1. The summed E-state index contributed by atoms with van der Waals surface area (Å²) in [7, 11) is 0. The third-order valence-corrected chi connectivity index (χ3v) is 3.80. The summed E-state index contributed by atoms with van der Waals surface area (Å²) in [5, 5.41) is 4.32. The number of esters is 1. The molecule has 1 aliphatic rings. The maximum atomic E-state index is 11.6. The van der Waals surface area contributed by atoms with Gasteiger partial charge in [0.2, 0.25) is 0 Å². The zero-order chi connectivity index (χ0) is 14.7. The van der Waals surface area contributed by atoms with Gasteiger partial charge in [-0.3, -0.25) is 14.9 Å². The van der Waals surface area contributed by atoms with Crippen LogP contribution in [0, 0.1) is 5.41 Å². The van der Waals surface area contributed by atoms with Gasteiger partial charge in [-0.05, 0) is 6.92 Å². The van der Waals surface area contributed by atoms with Crippen LogP contribution in [0.25, 0.3) is 0 Å². The van der Waals surface area contributed by atoms with E-state index < -0.39 is 34.3 Å². The van der Waals surface area contributed by atoms with Gasteiger partial charge in [0.25, 0.3) is 5.91 Å². The first-order valence-corrected chi connectivity index (χ1v) is 6.22. The zero-order valence-electron chi connectivity index (χ0n) is 10.3. The summed E-state index contributed by atoms with van der Waals surface area (Å²) < 4.78 is 3.60. The van der Waals surface area contributed by atoms with E-state index in [1.807, 2.05) is 5.32 Å². The number of urea groups is 1. The van der Waals surface area contributed by atoms with Gasteiger partial charge in [-0.15, -0.1) is 29.8 Å². The van der Waals surface area contributed by atoms with Crippen LogP contribution in [-0.2, 0) is 14.3 Å². The van der Waals surface area contributed by atoms with Crippen molar-refractivity contribution >= 4 is 41.1 Å². The number of alkyl halides is 2. The average Bonchev–Trinajstić information content (AvgIpc) is 2.84.